The maximum Gasteiger partial charge on any atom is 0.276 e. The molecule has 0 radical (unpaired) electrons. The third kappa shape index (κ3) is 5.83. The fourth-order valence-corrected chi connectivity index (χ4v) is 5.61. The Bertz CT molecular complexity index is 1570. The van der Waals surface area contributed by atoms with Gasteiger partial charge >= 0.3 is 0 Å². The molecule has 3 heterocycles. The lowest BCUT2D eigenvalue weighted by Gasteiger charge is -2.31. The predicted molar refractivity (Wildman–Crippen MR) is 148 cm³/mol. The minimum absolute atomic E-state index is 0.0500. The van der Waals surface area contributed by atoms with E-state index in [1.165, 1.54) is 29.5 Å². The van der Waals surface area contributed by atoms with Gasteiger partial charge in [0.25, 0.3) is 11.6 Å². The van der Waals surface area contributed by atoms with Gasteiger partial charge in [-0.25, -0.2) is 4.98 Å². The Kier molecular flexibility index (Phi) is 7.82. The van der Waals surface area contributed by atoms with Crippen molar-refractivity contribution in [3.8, 4) is 5.75 Å². The molecular formula is C27H26N6O6S. The maximum atomic E-state index is 12.8. The first-order chi connectivity index (χ1) is 19.3. The summed E-state index contributed by atoms with van der Waals surface area (Å²) in [5.74, 6) is 0.382. The summed E-state index contributed by atoms with van der Waals surface area (Å²) in [7, 11) is 1.56. The molecule has 1 aliphatic heterocycles. The van der Waals surface area contributed by atoms with Crippen molar-refractivity contribution in [3.05, 3.63) is 74.2 Å². The molecule has 0 saturated carbocycles. The molecule has 2 aromatic heterocycles. The lowest BCUT2D eigenvalue weighted by atomic mass is 9.97. The summed E-state index contributed by atoms with van der Waals surface area (Å²) in [6.45, 7) is 1.11. The van der Waals surface area contributed by atoms with E-state index in [2.05, 4.69) is 20.5 Å². The lowest BCUT2D eigenvalue weighted by molar-refractivity contribution is -0.384. The van der Waals surface area contributed by atoms with E-state index >= 15 is 0 Å². The molecule has 40 heavy (non-hydrogen) atoms. The molecule has 1 fully saturated rings. The number of rotatable bonds is 9. The SMILES string of the molecule is COc1ccc(C(=O)CCC(=O)N2CCC(c3nc(C(=O)Nc4n[nH]c5ccc([N+](=O)[O-])cc45)cs3)CC2)cc1. The van der Waals surface area contributed by atoms with Crippen molar-refractivity contribution in [2.24, 2.45) is 0 Å². The van der Waals surface area contributed by atoms with E-state index < -0.39 is 10.8 Å². The number of nitro groups is 1. The van der Waals surface area contributed by atoms with Crippen molar-refractivity contribution in [3.63, 3.8) is 0 Å². The van der Waals surface area contributed by atoms with Crippen molar-refractivity contribution in [1.82, 2.24) is 20.1 Å². The number of thiazole rings is 1. The number of ether oxygens (including phenoxy) is 1. The van der Waals surface area contributed by atoms with Crippen LogP contribution in [0.15, 0.2) is 47.8 Å². The van der Waals surface area contributed by atoms with Crippen LogP contribution in [0.4, 0.5) is 11.5 Å². The third-order valence-corrected chi connectivity index (χ3v) is 7.93. The van der Waals surface area contributed by atoms with Crippen LogP contribution in [0.3, 0.4) is 0 Å². The first-order valence-electron chi connectivity index (χ1n) is 12.7. The van der Waals surface area contributed by atoms with E-state index in [9.17, 15) is 24.5 Å². The highest BCUT2D eigenvalue weighted by atomic mass is 32.1. The second-order valence-corrected chi connectivity index (χ2v) is 10.3. The molecule has 2 N–H and O–H groups in total. The first kappa shape index (κ1) is 26.9. The van der Waals surface area contributed by atoms with Gasteiger partial charge in [0.1, 0.15) is 11.4 Å². The second-order valence-electron chi connectivity index (χ2n) is 9.39. The number of hydrogen-bond acceptors (Lipinski definition) is 9. The Labute approximate surface area is 232 Å². The number of aromatic nitrogens is 3. The Morgan fingerprint density at radius 1 is 1.15 bits per heavy atom. The number of Topliss-reactive ketones (excluding diaryl/α,β-unsaturated/α-hetero) is 1. The number of amides is 2. The van der Waals surface area contributed by atoms with Gasteiger partial charge in [0.05, 0.1) is 27.9 Å². The number of methoxy groups -OCH3 is 1. The quantitative estimate of drug-likeness (QED) is 0.171. The number of non-ortho nitro benzene ring substituents is 1. The average Bonchev–Trinajstić information content (AvgIpc) is 3.63. The number of likely N-dealkylation sites (tertiary alicyclic amines) is 1. The summed E-state index contributed by atoms with van der Waals surface area (Å²) in [4.78, 5) is 54.9. The average molecular weight is 563 g/mol. The smallest absolute Gasteiger partial charge is 0.276 e. The van der Waals surface area contributed by atoms with Crippen LogP contribution in [0.25, 0.3) is 10.9 Å². The van der Waals surface area contributed by atoms with Crippen LogP contribution in [-0.4, -0.2) is 62.8 Å². The van der Waals surface area contributed by atoms with Crippen LogP contribution in [0.5, 0.6) is 5.75 Å². The standard InChI is InChI=1S/C27H26N6O6S/c1-39-19-5-2-16(3-6-19)23(34)8-9-24(35)32-12-10-17(11-13-32)27-28-22(15-40-27)26(36)29-25-20-14-18(33(37)38)4-7-21(20)30-31-25/h2-7,14-15,17H,8-13H2,1H3,(H2,29,30,31,36). The van der Waals surface area contributed by atoms with Gasteiger partial charge in [0.2, 0.25) is 5.91 Å². The van der Waals surface area contributed by atoms with Gasteiger partial charge in [-0.1, -0.05) is 0 Å². The molecule has 206 valence electrons. The number of aromatic amines is 1. The Morgan fingerprint density at radius 2 is 1.90 bits per heavy atom. The van der Waals surface area contributed by atoms with Crippen molar-refractivity contribution >= 4 is 51.3 Å². The van der Waals surface area contributed by atoms with Gasteiger partial charge in [-0.2, -0.15) is 5.10 Å². The molecule has 0 bridgehead atoms. The summed E-state index contributed by atoms with van der Waals surface area (Å²) in [6, 6.07) is 11.1. The largest absolute Gasteiger partial charge is 0.497 e. The summed E-state index contributed by atoms with van der Waals surface area (Å²) in [5, 5.41) is 23.5. The normalized spacial score (nSPS) is 13.8. The fraction of sp³-hybridized carbons (Fsp3) is 0.296. The molecule has 2 aromatic carbocycles. The number of nitrogens with one attached hydrogen (secondary N) is 2. The van der Waals surface area contributed by atoms with E-state index in [4.69, 9.17) is 4.74 Å². The lowest BCUT2D eigenvalue weighted by Crippen LogP contribution is -2.38. The van der Waals surface area contributed by atoms with Crippen LogP contribution in [-0.2, 0) is 4.79 Å². The number of carbonyl (C=O) groups is 3. The highest BCUT2D eigenvalue weighted by Gasteiger charge is 2.27. The third-order valence-electron chi connectivity index (χ3n) is 6.92. The number of benzene rings is 2. The molecule has 1 saturated heterocycles. The molecule has 4 aromatic rings. The fourth-order valence-electron chi connectivity index (χ4n) is 4.64. The molecule has 2 amide bonds. The van der Waals surface area contributed by atoms with Gasteiger partial charge in [0.15, 0.2) is 11.6 Å². The molecule has 12 nitrogen and oxygen atoms in total. The molecule has 13 heteroatoms. The van der Waals surface area contributed by atoms with Gasteiger partial charge in [-0.3, -0.25) is 29.6 Å². The predicted octanol–water partition coefficient (Wildman–Crippen LogP) is 4.56. The minimum Gasteiger partial charge on any atom is -0.497 e. The summed E-state index contributed by atoms with van der Waals surface area (Å²) < 4.78 is 5.11. The summed E-state index contributed by atoms with van der Waals surface area (Å²) in [6.07, 6.45) is 1.72. The monoisotopic (exact) mass is 562 g/mol. The topological polar surface area (TPSA) is 160 Å². The number of piperidine rings is 1. The van der Waals surface area contributed by atoms with Gasteiger partial charge in [0, 0.05) is 54.9 Å². The number of anilines is 1. The number of hydrogen-bond donors (Lipinski definition) is 2. The molecule has 0 aliphatic carbocycles. The van der Waals surface area contributed by atoms with Crippen LogP contribution < -0.4 is 10.1 Å². The van der Waals surface area contributed by atoms with Crippen molar-refractivity contribution in [2.45, 2.75) is 31.6 Å². The van der Waals surface area contributed by atoms with Crippen molar-refractivity contribution < 1.29 is 24.0 Å². The Morgan fingerprint density at radius 3 is 2.60 bits per heavy atom. The van der Waals surface area contributed by atoms with E-state index in [1.807, 2.05) is 0 Å². The summed E-state index contributed by atoms with van der Waals surface area (Å²) >= 11 is 1.38. The number of carbonyl (C=O) groups excluding carboxylic acids is 3. The number of ketones is 1. The van der Waals surface area contributed by atoms with E-state index in [-0.39, 0.29) is 47.6 Å². The van der Waals surface area contributed by atoms with Crippen molar-refractivity contribution in [2.75, 3.05) is 25.5 Å². The zero-order valence-corrected chi connectivity index (χ0v) is 22.4. The van der Waals surface area contributed by atoms with E-state index in [0.29, 0.717) is 48.1 Å². The Balaban J connectivity index is 1.13. The number of fused-ring (bicyclic) bond motifs is 1. The molecule has 0 unspecified atom stereocenters. The molecule has 1 aliphatic rings. The highest BCUT2D eigenvalue weighted by molar-refractivity contribution is 7.10. The summed E-state index contributed by atoms with van der Waals surface area (Å²) in [5.41, 5.74) is 1.25. The zero-order valence-electron chi connectivity index (χ0n) is 21.6. The van der Waals surface area contributed by atoms with Crippen molar-refractivity contribution in [1.29, 1.82) is 0 Å². The number of nitrogens with zero attached hydrogens (tertiary/aromatic N) is 4. The van der Waals surface area contributed by atoms with Gasteiger partial charge < -0.3 is 15.0 Å². The van der Waals surface area contributed by atoms with Crippen LogP contribution in [0.1, 0.15) is 57.5 Å². The highest BCUT2D eigenvalue weighted by Crippen LogP contribution is 2.31. The molecule has 5 rings (SSSR count). The zero-order chi connectivity index (χ0) is 28.2. The number of H-pyrrole nitrogens is 1. The van der Waals surface area contributed by atoms with E-state index in [0.717, 1.165) is 5.01 Å². The maximum absolute atomic E-state index is 12.8. The number of nitro benzene ring substituents is 1. The molecule has 0 spiro atoms. The first-order valence-corrected chi connectivity index (χ1v) is 13.5. The Hall–Kier alpha value is -4.65. The molecular weight excluding hydrogens is 536 g/mol. The minimum atomic E-state index is -0.508. The second kappa shape index (κ2) is 11.6. The van der Waals surface area contributed by atoms with Crippen LogP contribution in [0.2, 0.25) is 0 Å². The van der Waals surface area contributed by atoms with Gasteiger partial charge in [-0.05, 0) is 43.2 Å². The molecule has 0 atom stereocenters. The van der Waals surface area contributed by atoms with Crippen LogP contribution >= 0.6 is 11.3 Å². The van der Waals surface area contributed by atoms with Crippen LogP contribution in [0, 0.1) is 10.1 Å². The van der Waals surface area contributed by atoms with E-state index in [1.54, 1.807) is 41.7 Å². The van der Waals surface area contributed by atoms with Gasteiger partial charge in [-0.15, -0.1) is 11.3 Å².